The van der Waals surface area contributed by atoms with E-state index in [0.717, 1.165) is 30.9 Å². The van der Waals surface area contributed by atoms with Gasteiger partial charge in [0, 0.05) is 19.6 Å². The van der Waals surface area contributed by atoms with Crippen LogP contribution in [0, 0.1) is 6.92 Å². The van der Waals surface area contributed by atoms with Gasteiger partial charge in [0.15, 0.2) is 0 Å². The van der Waals surface area contributed by atoms with Crippen molar-refractivity contribution in [2.45, 2.75) is 13.3 Å². The van der Waals surface area contributed by atoms with Gasteiger partial charge >= 0.3 is 0 Å². The van der Waals surface area contributed by atoms with Crippen molar-refractivity contribution in [1.29, 1.82) is 0 Å². The smallest absolute Gasteiger partial charge is 0.138 e. The summed E-state index contributed by atoms with van der Waals surface area (Å²) in [6.07, 6.45) is 0.869. The molecule has 1 aromatic carbocycles. The van der Waals surface area contributed by atoms with Crippen LogP contribution in [0.5, 0.6) is 5.75 Å². The summed E-state index contributed by atoms with van der Waals surface area (Å²) >= 11 is 6.01. The van der Waals surface area contributed by atoms with Crippen molar-refractivity contribution in [3.05, 3.63) is 28.8 Å². The van der Waals surface area contributed by atoms with Crippen LogP contribution in [0.4, 0.5) is 0 Å². The van der Waals surface area contributed by atoms with E-state index in [9.17, 15) is 0 Å². The molecule has 1 N–H and O–H groups in total. The minimum absolute atomic E-state index is 0.628. The normalized spacial score (nSPS) is 10.5. The van der Waals surface area contributed by atoms with Gasteiger partial charge in [-0.2, -0.15) is 0 Å². The lowest BCUT2D eigenvalue weighted by Gasteiger charge is -2.09. The van der Waals surface area contributed by atoms with Gasteiger partial charge in [-0.3, -0.25) is 0 Å². The zero-order valence-corrected chi connectivity index (χ0v) is 11.2. The molecule has 0 atom stereocenters. The van der Waals surface area contributed by atoms with E-state index in [1.54, 1.807) is 0 Å². The van der Waals surface area contributed by atoms with E-state index in [-0.39, 0.29) is 0 Å². The summed E-state index contributed by atoms with van der Waals surface area (Å²) in [6.45, 7) is 4.98. The molecular formula is C13H20ClNO2. The third kappa shape index (κ3) is 5.91. The van der Waals surface area contributed by atoms with Gasteiger partial charge < -0.3 is 14.8 Å². The molecule has 4 heteroatoms. The van der Waals surface area contributed by atoms with Crippen LogP contribution in [0.15, 0.2) is 18.2 Å². The first-order chi connectivity index (χ1) is 8.24. The summed E-state index contributed by atoms with van der Waals surface area (Å²) in [5.74, 6) is 0.752. The summed E-state index contributed by atoms with van der Waals surface area (Å²) in [6, 6.07) is 5.77. The zero-order valence-electron chi connectivity index (χ0n) is 10.5. The van der Waals surface area contributed by atoms with Gasteiger partial charge in [0.25, 0.3) is 0 Å². The molecule has 0 saturated carbocycles. The lowest BCUT2D eigenvalue weighted by Crippen LogP contribution is -2.15. The molecule has 1 rings (SSSR count). The Kier molecular flexibility index (Phi) is 7.01. The Morgan fingerprint density at radius 2 is 2.06 bits per heavy atom. The van der Waals surface area contributed by atoms with Gasteiger partial charge in [-0.1, -0.05) is 17.7 Å². The number of rotatable bonds is 8. The van der Waals surface area contributed by atoms with Crippen LogP contribution >= 0.6 is 11.6 Å². The second-order valence-electron chi connectivity index (χ2n) is 3.85. The molecule has 3 nitrogen and oxygen atoms in total. The number of likely N-dealkylation sites (N-methyl/N-ethyl adjacent to an activating group) is 1. The summed E-state index contributed by atoms with van der Waals surface area (Å²) in [7, 11) is 1.91. The van der Waals surface area contributed by atoms with Gasteiger partial charge in [0.05, 0.1) is 18.2 Å². The number of ether oxygens (including phenoxy) is 2. The van der Waals surface area contributed by atoms with Crippen molar-refractivity contribution in [2.24, 2.45) is 0 Å². The molecule has 0 unspecified atom stereocenters. The fourth-order valence-corrected chi connectivity index (χ4v) is 1.51. The molecule has 0 radical (unpaired) electrons. The van der Waals surface area contributed by atoms with E-state index in [1.165, 1.54) is 0 Å². The largest absolute Gasteiger partial charge is 0.492 e. The maximum Gasteiger partial charge on any atom is 0.138 e. The molecule has 0 spiro atoms. The van der Waals surface area contributed by atoms with Crippen LogP contribution in [0.2, 0.25) is 5.02 Å². The molecule has 0 heterocycles. The molecule has 0 aliphatic rings. The fraction of sp³-hybridized carbons (Fsp3) is 0.538. The summed E-state index contributed by atoms with van der Waals surface area (Å²) in [5, 5.41) is 3.68. The van der Waals surface area contributed by atoms with E-state index in [1.807, 2.05) is 32.2 Å². The lowest BCUT2D eigenvalue weighted by molar-refractivity contribution is 0.122. The highest BCUT2D eigenvalue weighted by molar-refractivity contribution is 6.32. The van der Waals surface area contributed by atoms with Gasteiger partial charge in [-0.25, -0.2) is 0 Å². The number of aryl methyl sites for hydroxylation is 1. The average molecular weight is 258 g/mol. The number of hydrogen-bond donors (Lipinski definition) is 1. The van der Waals surface area contributed by atoms with Crippen molar-refractivity contribution in [3.63, 3.8) is 0 Å². The van der Waals surface area contributed by atoms with Gasteiger partial charge in [0.2, 0.25) is 0 Å². The van der Waals surface area contributed by atoms with Crippen LogP contribution < -0.4 is 10.1 Å². The minimum atomic E-state index is 0.628. The van der Waals surface area contributed by atoms with Crippen LogP contribution in [-0.2, 0) is 4.74 Å². The monoisotopic (exact) mass is 257 g/mol. The van der Waals surface area contributed by atoms with Crippen LogP contribution in [0.1, 0.15) is 12.0 Å². The number of benzene rings is 1. The predicted molar refractivity (Wildman–Crippen MR) is 71.0 cm³/mol. The van der Waals surface area contributed by atoms with E-state index < -0.39 is 0 Å². The Morgan fingerprint density at radius 3 is 2.82 bits per heavy atom. The molecule has 0 amide bonds. The Morgan fingerprint density at radius 1 is 1.24 bits per heavy atom. The Balaban J connectivity index is 2.15. The van der Waals surface area contributed by atoms with Gasteiger partial charge in [-0.05, 0) is 31.7 Å². The van der Waals surface area contributed by atoms with Crippen molar-refractivity contribution >= 4 is 11.6 Å². The molecule has 1 aromatic rings. The number of nitrogens with one attached hydrogen (secondary N) is 1. The standard InChI is InChI=1S/C13H20ClNO2/c1-11-4-5-12(14)13(10-11)17-8-3-7-16-9-6-15-2/h4-5,10,15H,3,6-9H2,1-2H3. The van der Waals surface area contributed by atoms with Crippen LogP contribution in [0.3, 0.4) is 0 Å². The molecule has 96 valence electrons. The third-order valence-electron chi connectivity index (χ3n) is 2.27. The molecular weight excluding hydrogens is 238 g/mol. The summed E-state index contributed by atoms with van der Waals surface area (Å²) in [5.41, 5.74) is 1.15. The third-order valence-corrected chi connectivity index (χ3v) is 2.59. The highest BCUT2D eigenvalue weighted by Crippen LogP contribution is 2.25. The zero-order chi connectivity index (χ0) is 12.5. The van der Waals surface area contributed by atoms with E-state index in [0.29, 0.717) is 18.2 Å². The topological polar surface area (TPSA) is 30.5 Å². The van der Waals surface area contributed by atoms with Crippen molar-refractivity contribution in [2.75, 3.05) is 33.4 Å². The van der Waals surface area contributed by atoms with Crippen LogP contribution in [0.25, 0.3) is 0 Å². The first-order valence-electron chi connectivity index (χ1n) is 5.85. The number of hydrogen-bond acceptors (Lipinski definition) is 3. The van der Waals surface area contributed by atoms with E-state index in [2.05, 4.69) is 5.32 Å². The second kappa shape index (κ2) is 8.34. The Labute approximate surface area is 108 Å². The van der Waals surface area contributed by atoms with Gasteiger partial charge in [0.1, 0.15) is 5.75 Å². The first kappa shape index (κ1) is 14.3. The van der Waals surface area contributed by atoms with E-state index in [4.69, 9.17) is 21.1 Å². The molecule has 0 fully saturated rings. The van der Waals surface area contributed by atoms with Crippen LogP contribution in [-0.4, -0.2) is 33.4 Å². The Hall–Kier alpha value is -0.770. The maximum absolute atomic E-state index is 6.01. The highest BCUT2D eigenvalue weighted by atomic mass is 35.5. The molecule has 0 bridgehead atoms. The molecule has 0 saturated heterocycles. The average Bonchev–Trinajstić information content (AvgIpc) is 2.32. The lowest BCUT2D eigenvalue weighted by atomic mass is 10.2. The van der Waals surface area contributed by atoms with E-state index >= 15 is 0 Å². The molecule has 0 aromatic heterocycles. The van der Waals surface area contributed by atoms with Crippen molar-refractivity contribution in [3.8, 4) is 5.75 Å². The molecule has 0 aliphatic heterocycles. The van der Waals surface area contributed by atoms with Crippen molar-refractivity contribution in [1.82, 2.24) is 5.32 Å². The second-order valence-corrected chi connectivity index (χ2v) is 4.26. The first-order valence-corrected chi connectivity index (χ1v) is 6.23. The predicted octanol–water partition coefficient (Wildman–Crippen LogP) is 2.65. The fourth-order valence-electron chi connectivity index (χ4n) is 1.34. The summed E-state index contributed by atoms with van der Waals surface area (Å²) < 4.78 is 11.0. The Bertz CT molecular complexity index is 331. The molecule has 0 aliphatic carbocycles. The SMILES string of the molecule is CNCCOCCCOc1cc(C)ccc1Cl. The highest BCUT2D eigenvalue weighted by Gasteiger charge is 2.01. The molecule has 17 heavy (non-hydrogen) atoms. The minimum Gasteiger partial charge on any atom is -0.492 e. The maximum atomic E-state index is 6.01. The quantitative estimate of drug-likeness (QED) is 0.727. The summed E-state index contributed by atoms with van der Waals surface area (Å²) in [4.78, 5) is 0. The van der Waals surface area contributed by atoms with Crippen molar-refractivity contribution < 1.29 is 9.47 Å². The number of halogens is 1. The van der Waals surface area contributed by atoms with Gasteiger partial charge in [-0.15, -0.1) is 0 Å².